The molecule has 0 unspecified atom stereocenters. The van der Waals surface area contributed by atoms with E-state index in [1.54, 1.807) is 61.0 Å². The predicted octanol–water partition coefficient (Wildman–Crippen LogP) is 25.9. The topological polar surface area (TPSA) is 119 Å². The number of hydrogen-bond donors (Lipinski definition) is 0. The molecule has 0 atom stereocenters. The molecule has 10 heteroatoms. The molecule has 0 N–H and O–H groups in total. The van der Waals surface area contributed by atoms with Crippen LogP contribution < -0.4 is 9.47 Å². The molecule has 9 aromatic rings. The molecule has 0 bridgehead atoms. The lowest BCUT2D eigenvalue weighted by molar-refractivity contribution is -0.117. The average molecular weight is 1410 g/mol. The largest absolute Gasteiger partial charge is 0.423 e. The number of unbranched alkanes of at least 4 members (excludes halogenated alkanes) is 20. The Morgan fingerprint density at radius 3 is 0.771 bits per heavy atom. The van der Waals surface area contributed by atoms with E-state index in [1.165, 1.54) is 182 Å². The molecular formula is C95H111FN4O5. The Balaban J connectivity index is 0.000000269. The minimum Gasteiger partial charge on any atom is -0.423 e. The van der Waals surface area contributed by atoms with Crippen molar-refractivity contribution >= 4 is 65.3 Å². The van der Waals surface area contributed by atoms with E-state index in [4.69, 9.17) is 9.47 Å². The summed E-state index contributed by atoms with van der Waals surface area (Å²) in [4.78, 5) is 57.1. The van der Waals surface area contributed by atoms with Gasteiger partial charge in [0.25, 0.3) is 0 Å². The quantitative estimate of drug-likeness (QED) is 0.0163. The van der Waals surface area contributed by atoms with Crippen molar-refractivity contribution in [3.05, 3.63) is 285 Å². The van der Waals surface area contributed by atoms with Gasteiger partial charge in [0, 0.05) is 55.9 Å². The van der Waals surface area contributed by atoms with E-state index in [9.17, 15) is 18.8 Å². The summed E-state index contributed by atoms with van der Waals surface area (Å²) in [5.41, 5.74) is 15.3. The minimum absolute atomic E-state index is 0.0876. The van der Waals surface area contributed by atoms with E-state index >= 15 is 0 Å². The lowest BCUT2D eigenvalue weighted by Gasteiger charge is -2.09. The third-order valence-electron chi connectivity index (χ3n) is 18.8. The van der Waals surface area contributed by atoms with Gasteiger partial charge in [0.1, 0.15) is 23.1 Å². The molecule has 0 aliphatic rings. The number of hydrogen-bond acceptors (Lipinski definition) is 9. The van der Waals surface area contributed by atoms with Crippen molar-refractivity contribution in [2.24, 2.45) is 20.0 Å². The molecule has 9 rings (SSSR count). The molecule has 0 aliphatic carbocycles. The fraction of sp³-hybridized carbons (Fsp3) is 0.358. The number of esters is 2. The van der Waals surface area contributed by atoms with E-state index in [2.05, 4.69) is 120 Å². The van der Waals surface area contributed by atoms with Gasteiger partial charge >= 0.3 is 11.9 Å². The van der Waals surface area contributed by atoms with Crippen LogP contribution in [-0.2, 0) is 43.3 Å². The van der Waals surface area contributed by atoms with Crippen LogP contribution in [0.25, 0.3) is 0 Å². The van der Waals surface area contributed by atoms with Crippen molar-refractivity contribution in [3.63, 3.8) is 0 Å². The molecular weight excluding hydrogens is 1300 g/mol. The Morgan fingerprint density at radius 2 is 0.514 bits per heavy atom. The Hall–Kier alpha value is -9.80. The minimum atomic E-state index is -0.716. The second kappa shape index (κ2) is 47.5. The molecule has 105 heavy (non-hydrogen) atoms. The maximum atomic E-state index is 14.5. The van der Waals surface area contributed by atoms with Gasteiger partial charge in [0.2, 0.25) is 0 Å². The number of aryl methyl sites for hydroxylation is 4. The summed E-state index contributed by atoms with van der Waals surface area (Å²) >= 11 is 0. The third kappa shape index (κ3) is 32.0. The zero-order valence-electron chi connectivity index (χ0n) is 62.9. The normalized spacial score (nSPS) is 11.4. The van der Waals surface area contributed by atoms with Gasteiger partial charge < -0.3 is 9.47 Å². The SMILES string of the molecule is CCCCCCCCc1ccc(N=Cc2ccc(C(=O)Oc3cc(F)cc(OC(=O)c4ccc(C=Nc5ccc(CCCCCCCC)cc5)cc4)c3)cc2)cc1.CCCCCCCCc1ccc(N=Cc2ccc(CC(=O)Cc3ccc(C=Nc4ccc(CCCCCCCC)cc4)cc3)cc2)cc1. The van der Waals surface area contributed by atoms with E-state index in [0.29, 0.717) is 12.8 Å². The highest BCUT2D eigenvalue weighted by atomic mass is 19.1. The second-order valence-electron chi connectivity index (χ2n) is 27.8. The smallest absolute Gasteiger partial charge is 0.343 e. The summed E-state index contributed by atoms with van der Waals surface area (Å²) in [7, 11) is 0. The number of benzene rings is 9. The molecule has 0 saturated carbocycles. The lowest BCUT2D eigenvalue weighted by Crippen LogP contribution is -2.11. The number of halogens is 1. The van der Waals surface area contributed by atoms with Crippen molar-refractivity contribution in [3.8, 4) is 11.5 Å². The van der Waals surface area contributed by atoms with E-state index < -0.39 is 17.8 Å². The van der Waals surface area contributed by atoms with E-state index in [0.717, 1.165) is 93.9 Å². The number of aliphatic imine (C=N–C) groups is 4. The van der Waals surface area contributed by atoms with Crippen LogP contribution in [0.15, 0.2) is 232 Å². The summed E-state index contributed by atoms with van der Waals surface area (Å²) in [6.07, 6.45) is 43.8. The van der Waals surface area contributed by atoms with Gasteiger partial charge in [-0.2, -0.15) is 0 Å². The van der Waals surface area contributed by atoms with E-state index in [-0.39, 0.29) is 28.4 Å². The summed E-state index contributed by atoms with van der Waals surface area (Å²) in [6, 6.07) is 67.0. The highest BCUT2D eigenvalue weighted by Gasteiger charge is 2.15. The maximum absolute atomic E-state index is 14.5. The summed E-state index contributed by atoms with van der Waals surface area (Å²) in [5.74, 6) is -2.04. The van der Waals surface area contributed by atoms with Crippen LogP contribution in [0.2, 0.25) is 0 Å². The van der Waals surface area contributed by atoms with Crippen molar-refractivity contribution in [1.82, 2.24) is 0 Å². The number of carbonyl (C=O) groups excluding carboxylic acids is 3. The Morgan fingerprint density at radius 1 is 0.286 bits per heavy atom. The van der Waals surface area contributed by atoms with Crippen molar-refractivity contribution in [2.75, 3.05) is 0 Å². The molecule has 0 heterocycles. The standard InChI is InChI=1S/C50H55FN2O4.C45H56N2O/c1-3-5-7-9-11-13-15-38-21-29-45(30-22-38)52-36-40-17-25-42(26-18-40)49(54)56-47-33-44(51)34-48(35-47)57-50(55)43-27-19-41(20-28-43)37-53-46-31-23-39(24-32-46)16-14-12-10-8-6-4-2;1-3-5-7-9-11-13-15-37-25-29-43(30-26-37)46-35-41-21-17-39(18-22-41)33-45(48)34-40-19-23-42(24-20-40)36-47-44-31-27-38(28-32-44)16-14-12-10-8-6-4-2/h17-37H,3-16H2,1-2H3;17-32,35-36H,3-16,33-34H2,1-2H3. The first kappa shape index (κ1) is 80.9. The Kier molecular flexibility index (Phi) is 36.6. The number of ether oxygens (including phenoxy) is 2. The van der Waals surface area contributed by atoms with Gasteiger partial charge in [-0.3, -0.25) is 24.8 Å². The molecule has 9 nitrogen and oxygen atoms in total. The van der Waals surface area contributed by atoms with E-state index in [1.807, 2.05) is 85.2 Å². The van der Waals surface area contributed by atoms with Gasteiger partial charge in [-0.25, -0.2) is 14.0 Å². The van der Waals surface area contributed by atoms with Gasteiger partial charge in [0.15, 0.2) is 0 Å². The highest BCUT2D eigenvalue weighted by Crippen LogP contribution is 2.26. The molecule has 0 saturated heterocycles. The number of rotatable bonds is 44. The molecule has 9 aromatic carbocycles. The molecule has 0 radical (unpaired) electrons. The zero-order valence-corrected chi connectivity index (χ0v) is 62.9. The number of carbonyl (C=O) groups is 3. The van der Waals surface area contributed by atoms with Crippen LogP contribution in [-0.4, -0.2) is 42.6 Å². The number of Topliss-reactive ketones (excluding diaryl/α,β-unsaturated/α-hetero) is 1. The summed E-state index contributed by atoms with van der Waals surface area (Å²) in [6.45, 7) is 9.00. The van der Waals surface area contributed by atoms with Crippen LogP contribution in [0.4, 0.5) is 27.1 Å². The zero-order chi connectivity index (χ0) is 73.7. The third-order valence-corrected chi connectivity index (χ3v) is 18.8. The van der Waals surface area contributed by atoms with Crippen molar-refractivity contribution in [1.29, 1.82) is 0 Å². The fourth-order valence-corrected chi connectivity index (χ4v) is 12.4. The first-order chi connectivity index (χ1) is 51.5. The van der Waals surface area contributed by atoms with Crippen LogP contribution >= 0.6 is 0 Å². The van der Waals surface area contributed by atoms with Crippen LogP contribution in [0.3, 0.4) is 0 Å². The average Bonchev–Trinajstić information content (AvgIpc) is 0.853. The van der Waals surface area contributed by atoms with Crippen LogP contribution in [0.1, 0.15) is 258 Å². The van der Waals surface area contributed by atoms with Crippen molar-refractivity contribution < 1.29 is 28.2 Å². The fourth-order valence-electron chi connectivity index (χ4n) is 12.4. The van der Waals surface area contributed by atoms with Crippen LogP contribution in [0, 0.1) is 5.82 Å². The summed E-state index contributed by atoms with van der Waals surface area (Å²) < 4.78 is 25.4. The molecule has 0 amide bonds. The number of nitrogens with zero attached hydrogens (tertiary/aromatic N) is 4. The number of ketones is 1. The maximum Gasteiger partial charge on any atom is 0.343 e. The molecule has 0 fully saturated rings. The Labute approximate surface area is 626 Å². The van der Waals surface area contributed by atoms with Gasteiger partial charge in [0.05, 0.1) is 33.9 Å². The van der Waals surface area contributed by atoms with Gasteiger partial charge in [-0.1, -0.05) is 277 Å². The van der Waals surface area contributed by atoms with Crippen LogP contribution in [0.5, 0.6) is 11.5 Å². The van der Waals surface area contributed by atoms with Gasteiger partial charge in [-0.15, -0.1) is 0 Å². The first-order valence-electron chi connectivity index (χ1n) is 39.2. The highest BCUT2D eigenvalue weighted by molar-refractivity contribution is 5.94. The monoisotopic (exact) mass is 1410 g/mol. The van der Waals surface area contributed by atoms with Crippen molar-refractivity contribution in [2.45, 2.75) is 220 Å². The predicted molar refractivity (Wildman–Crippen MR) is 438 cm³/mol. The molecule has 0 aliphatic heterocycles. The van der Waals surface area contributed by atoms with Gasteiger partial charge in [-0.05, 0) is 180 Å². The Bertz CT molecular complexity index is 3820. The second-order valence-corrected chi connectivity index (χ2v) is 27.8. The lowest BCUT2D eigenvalue weighted by atomic mass is 10.0. The molecule has 0 aromatic heterocycles. The molecule has 0 spiro atoms. The summed E-state index contributed by atoms with van der Waals surface area (Å²) in [5, 5.41) is 0. The molecule has 548 valence electrons. The first-order valence-corrected chi connectivity index (χ1v) is 39.2.